The maximum Gasteiger partial charge on any atom is 0.294 e. The third-order valence-electron chi connectivity index (χ3n) is 3.14. The van der Waals surface area contributed by atoms with Crippen molar-refractivity contribution in [3.05, 3.63) is 96.6 Å². The van der Waals surface area contributed by atoms with Crippen molar-refractivity contribution in [2.75, 3.05) is 0 Å². The molecule has 0 atom stereocenters. The molecule has 0 saturated heterocycles. The van der Waals surface area contributed by atoms with Crippen LogP contribution in [0.4, 0.5) is 0 Å². The highest BCUT2D eigenvalue weighted by molar-refractivity contribution is 7.86. The Kier molecular flexibility index (Phi) is 11.2. The number of hydrogen-bond donors (Lipinski definition) is 3. The van der Waals surface area contributed by atoms with E-state index < -0.39 is 20.2 Å². The molecule has 3 aromatic rings. The Morgan fingerprint density at radius 2 is 0.867 bits per heavy atom. The first-order valence-electron chi connectivity index (χ1n) is 7.91. The van der Waals surface area contributed by atoms with Crippen LogP contribution < -0.4 is 5.73 Å². The van der Waals surface area contributed by atoms with Gasteiger partial charge < -0.3 is 11.2 Å². The summed E-state index contributed by atoms with van der Waals surface area (Å²) < 4.78 is 58.5. The minimum Gasteiger partial charge on any atom is -0.412 e. The number of benzene rings is 3. The van der Waals surface area contributed by atoms with E-state index in [-0.39, 0.29) is 21.2 Å². The van der Waals surface area contributed by atoms with E-state index in [4.69, 9.17) is 14.8 Å². The molecule has 0 saturated carbocycles. The first-order chi connectivity index (χ1) is 13.5. The molecule has 11 heteroatoms. The molecule has 0 radical (unpaired) electrons. The lowest BCUT2D eigenvalue weighted by Crippen LogP contribution is -2.09. The average molecular weight is 456 g/mol. The van der Waals surface area contributed by atoms with Gasteiger partial charge in [-0.05, 0) is 36.4 Å². The van der Waals surface area contributed by atoms with Crippen molar-refractivity contribution in [3.63, 3.8) is 0 Å². The summed E-state index contributed by atoms with van der Waals surface area (Å²) in [7, 11) is -8.01. The fraction of sp³-hybridized carbons (Fsp3) is 0. The van der Waals surface area contributed by atoms with Gasteiger partial charge in [0.15, 0.2) is 0 Å². The van der Waals surface area contributed by atoms with Crippen molar-refractivity contribution < 1.29 is 36.2 Å². The van der Waals surface area contributed by atoms with Crippen LogP contribution >= 0.6 is 0 Å². The lowest BCUT2D eigenvalue weighted by atomic mass is 10.2. The Labute approximate surface area is 174 Å². The summed E-state index contributed by atoms with van der Waals surface area (Å²) in [5, 5.41) is 0. The Bertz CT molecular complexity index is 1040. The summed E-state index contributed by atoms with van der Waals surface area (Å²) in [6.45, 7) is 0. The van der Waals surface area contributed by atoms with E-state index in [2.05, 4.69) is 0 Å². The van der Waals surface area contributed by atoms with Crippen LogP contribution in [0.3, 0.4) is 0 Å². The first kappa shape index (κ1) is 26.9. The molecule has 162 valence electrons. The fourth-order valence-corrected chi connectivity index (χ4v) is 2.79. The summed E-state index contributed by atoms with van der Waals surface area (Å²) in [6.07, 6.45) is 0. The number of amides is 1. The lowest BCUT2D eigenvalue weighted by Gasteiger charge is -1.92. The second-order valence-electron chi connectivity index (χ2n) is 5.31. The van der Waals surface area contributed by atoms with Crippen molar-refractivity contribution in [2.24, 2.45) is 5.73 Å². The number of primary amides is 1. The molecule has 0 unspecified atom stereocenters. The number of nitrogens with two attached hydrogens (primary N) is 1. The quantitative estimate of drug-likeness (QED) is 0.503. The van der Waals surface area contributed by atoms with Gasteiger partial charge in [-0.1, -0.05) is 54.6 Å². The van der Waals surface area contributed by atoms with Gasteiger partial charge in [-0.2, -0.15) is 16.8 Å². The van der Waals surface area contributed by atoms with Crippen LogP contribution in [-0.4, -0.2) is 37.3 Å². The second kappa shape index (κ2) is 12.5. The molecule has 0 spiro atoms. The van der Waals surface area contributed by atoms with Crippen LogP contribution in [0.1, 0.15) is 10.4 Å². The van der Waals surface area contributed by atoms with Crippen LogP contribution in [0.15, 0.2) is 101 Å². The third kappa shape index (κ3) is 10.5. The van der Waals surface area contributed by atoms with Crippen molar-refractivity contribution in [2.45, 2.75) is 9.79 Å². The molecule has 0 bridgehead atoms. The zero-order valence-electron chi connectivity index (χ0n) is 15.5. The van der Waals surface area contributed by atoms with Gasteiger partial charge in [-0.3, -0.25) is 13.9 Å². The summed E-state index contributed by atoms with van der Waals surface area (Å²) >= 11 is 0. The first-order valence-corrected chi connectivity index (χ1v) is 10.8. The predicted octanol–water partition coefficient (Wildman–Crippen LogP) is 1.83. The van der Waals surface area contributed by atoms with Crippen molar-refractivity contribution in [1.29, 1.82) is 0 Å². The standard InChI is InChI=1S/C7H7NO.2C6H6O3S.H2O/c8-7(9)6-4-2-1-3-5-6;2*7-10(8,9)6-4-2-1-3-5-6;/h1-5H,(H2,8,9);2*1-5H,(H,7,8,9);1H2. The van der Waals surface area contributed by atoms with Gasteiger partial charge in [0, 0.05) is 5.56 Å². The largest absolute Gasteiger partial charge is 0.412 e. The Hall–Kier alpha value is -3.09. The molecule has 0 fully saturated rings. The van der Waals surface area contributed by atoms with Crippen molar-refractivity contribution in [3.8, 4) is 0 Å². The molecular weight excluding hydrogens is 434 g/mol. The molecule has 0 aliphatic heterocycles. The van der Waals surface area contributed by atoms with Gasteiger partial charge in [0.25, 0.3) is 20.2 Å². The molecule has 3 rings (SSSR count). The summed E-state index contributed by atoms with van der Waals surface area (Å²) in [5.41, 5.74) is 5.53. The van der Waals surface area contributed by atoms with Gasteiger partial charge in [0.1, 0.15) is 0 Å². The molecule has 30 heavy (non-hydrogen) atoms. The van der Waals surface area contributed by atoms with Crippen LogP contribution in [0.25, 0.3) is 0 Å². The molecule has 0 aromatic heterocycles. The van der Waals surface area contributed by atoms with Gasteiger partial charge in [0.05, 0.1) is 9.79 Å². The Balaban J connectivity index is 0.000000414. The topological polar surface area (TPSA) is 183 Å². The highest BCUT2D eigenvalue weighted by Gasteiger charge is 2.06. The monoisotopic (exact) mass is 455 g/mol. The van der Waals surface area contributed by atoms with E-state index in [9.17, 15) is 21.6 Å². The lowest BCUT2D eigenvalue weighted by molar-refractivity contribution is 0.1000. The van der Waals surface area contributed by atoms with E-state index in [1.807, 2.05) is 6.07 Å². The normalized spacial score (nSPS) is 10.2. The van der Waals surface area contributed by atoms with Crippen LogP contribution in [0, 0.1) is 0 Å². The summed E-state index contributed by atoms with van der Waals surface area (Å²) in [6, 6.07) is 23.6. The minimum absolute atomic E-state index is 0. The van der Waals surface area contributed by atoms with E-state index >= 15 is 0 Å². The maximum atomic E-state index is 10.4. The van der Waals surface area contributed by atoms with E-state index in [1.165, 1.54) is 24.3 Å². The number of carbonyl (C=O) groups excluding carboxylic acids is 1. The van der Waals surface area contributed by atoms with Gasteiger partial charge in [-0.15, -0.1) is 0 Å². The van der Waals surface area contributed by atoms with E-state index in [1.54, 1.807) is 60.7 Å². The molecule has 1 amide bonds. The summed E-state index contributed by atoms with van der Waals surface area (Å²) in [5.74, 6) is -0.379. The Morgan fingerprint density at radius 1 is 0.600 bits per heavy atom. The van der Waals surface area contributed by atoms with Crippen LogP contribution in [0.5, 0.6) is 0 Å². The third-order valence-corrected chi connectivity index (χ3v) is 4.88. The van der Waals surface area contributed by atoms with Crippen molar-refractivity contribution in [1.82, 2.24) is 0 Å². The average Bonchev–Trinajstić information content (AvgIpc) is 2.70. The second-order valence-corrected chi connectivity index (χ2v) is 8.15. The molecule has 0 heterocycles. The van der Waals surface area contributed by atoms with Crippen LogP contribution in [0.2, 0.25) is 0 Å². The molecule has 0 aliphatic carbocycles. The SMILES string of the molecule is NC(=O)c1ccccc1.O.O=S(=O)(O)c1ccccc1.O=S(=O)(O)c1ccccc1. The fourth-order valence-electron chi connectivity index (χ4n) is 1.79. The molecule has 9 nitrogen and oxygen atoms in total. The Morgan fingerprint density at radius 3 is 1.03 bits per heavy atom. The number of carbonyl (C=O) groups is 1. The van der Waals surface area contributed by atoms with Gasteiger partial charge >= 0.3 is 0 Å². The van der Waals surface area contributed by atoms with Crippen molar-refractivity contribution >= 4 is 26.1 Å². The zero-order valence-corrected chi connectivity index (χ0v) is 17.1. The number of rotatable bonds is 3. The smallest absolute Gasteiger partial charge is 0.294 e. The van der Waals surface area contributed by atoms with Gasteiger partial charge in [-0.25, -0.2) is 0 Å². The van der Waals surface area contributed by atoms with Crippen LogP contribution in [-0.2, 0) is 20.2 Å². The highest BCUT2D eigenvalue weighted by Crippen LogP contribution is 2.06. The van der Waals surface area contributed by atoms with E-state index in [0.717, 1.165) is 0 Å². The maximum absolute atomic E-state index is 10.4. The highest BCUT2D eigenvalue weighted by atomic mass is 32.2. The molecule has 6 N–H and O–H groups in total. The molecular formula is C19H21NO8S2. The minimum atomic E-state index is -4.00. The van der Waals surface area contributed by atoms with E-state index in [0.29, 0.717) is 5.56 Å². The molecule has 0 aliphatic rings. The number of hydrogen-bond acceptors (Lipinski definition) is 5. The summed E-state index contributed by atoms with van der Waals surface area (Å²) in [4.78, 5) is 10.3. The van der Waals surface area contributed by atoms with Gasteiger partial charge in [0.2, 0.25) is 5.91 Å². The zero-order chi connectivity index (χ0) is 21.9. The predicted molar refractivity (Wildman–Crippen MR) is 111 cm³/mol. The molecule has 3 aromatic carbocycles.